The summed E-state index contributed by atoms with van der Waals surface area (Å²) in [4.78, 5) is 12.1. The maximum atomic E-state index is 12.1. The van der Waals surface area contributed by atoms with E-state index in [0.29, 0.717) is 11.3 Å². The second-order valence-electron chi connectivity index (χ2n) is 4.21. The minimum atomic E-state index is -0.496. The summed E-state index contributed by atoms with van der Waals surface area (Å²) in [7, 11) is 0. The summed E-state index contributed by atoms with van der Waals surface area (Å²) in [6, 6.07) is 7.60. The Hall–Kier alpha value is -1.91. The maximum Gasteiger partial charge on any atom is 0.259 e. The molecule has 0 aromatic heterocycles. The first-order valence-corrected chi connectivity index (χ1v) is 6.43. The van der Waals surface area contributed by atoms with Gasteiger partial charge in [-0.05, 0) is 30.7 Å². The third-order valence-corrected chi connectivity index (χ3v) is 3.33. The monoisotopic (exact) mass is 311 g/mol. The zero-order valence-electron chi connectivity index (χ0n) is 10.4. The van der Waals surface area contributed by atoms with Gasteiger partial charge >= 0.3 is 0 Å². The number of phenolic OH excluding ortho intramolecular Hbond substituents is 2. The largest absolute Gasteiger partial charge is 0.507 e. The third kappa shape index (κ3) is 2.81. The number of aryl methyl sites for hydroxylation is 1. The fourth-order valence-electron chi connectivity index (χ4n) is 1.68. The van der Waals surface area contributed by atoms with Gasteiger partial charge < -0.3 is 15.5 Å². The van der Waals surface area contributed by atoms with Crippen molar-refractivity contribution in [2.45, 2.75) is 6.92 Å². The van der Waals surface area contributed by atoms with Gasteiger partial charge in [-0.1, -0.05) is 35.3 Å². The lowest BCUT2D eigenvalue weighted by Gasteiger charge is -2.10. The Balaban J connectivity index is 2.30. The number of carbonyl (C=O) groups excluding carboxylic acids is 1. The van der Waals surface area contributed by atoms with Crippen LogP contribution >= 0.6 is 23.2 Å². The number of aromatic hydroxyl groups is 2. The van der Waals surface area contributed by atoms with E-state index in [4.69, 9.17) is 23.2 Å². The number of rotatable bonds is 2. The van der Waals surface area contributed by atoms with E-state index in [1.165, 1.54) is 18.2 Å². The van der Waals surface area contributed by atoms with E-state index in [1.54, 1.807) is 19.1 Å². The molecule has 0 spiro atoms. The first-order chi connectivity index (χ1) is 9.40. The number of para-hydroxylation sites is 1. The highest BCUT2D eigenvalue weighted by Gasteiger charge is 2.14. The molecule has 2 rings (SSSR count). The number of anilines is 1. The number of amides is 1. The average molecular weight is 312 g/mol. The van der Waals surface area contributed by atoms with Crippen molar-refractivity contribution in [1.29, 1.82) is 0 Å². The molecule has 0 aliphatic heterocycles. The SMILES string of the molecule is Cc1cccc(C(=O)Nc2cc(Cl)c(O)c(Cl)c2)c1O. The number of hydrogen-bond acceptors (Lipinski definition) is 3. The van der Waals surface area contributed by atoms with Gasteiger partial charge in [0.2, 0.25) is 0 Å². The molecule has 20 heavy (non-hydrogen) atoms. The highest BCUT2D eigenvalue weighted by atomic mass is 35.5. The number of hydrogen-bond donors (Lipinski definition) is 3. The van der Waals surface area contributed by atoms with E-state index in [0.717, 1.165) is 0 Å². The molecular weight excluding hydrogens is 301 g/mol. The molecule has 0 aliphatic carbocycles. The van der Waals surface area contributed by atoms with Gasteiger partial charge in [-0.3, -0.25) is 4.79 Å². The van der Waals surface area contributed by atoms with Crippen molar-refractivity contribution in [3.05, 3.63) is 51.5 Å². The van der Waals surface area contributed by atoms with Gasteiger partial charge in [0.15, 0.2) is 5.75 Å². The van der Waals surface area contributed by atoms with Crippen molar-refractivity contribution in [2.24, 2.45) is 0 Å². The van der Waals surface area contributed by atoms with Crippen LogP contribution in [-0.2, 0) is 0 Å². The molecular formula is C14H11Cl2NO3. The average Bonchev–Trinajstić information content (AvgIpc) is 2.39. The van der Waals surface area contributed by atoms with E-state index in [1.807, 2.05) is 0 Å². The molecule has 0 bridgehead atoms. The Morgan fingerprint density at radius 3 is 2.30 bits per heavy atom. The van der Waals surface area contributed by atoms with Gasteiger partial charge in [0.05, 0.1) is 15.6 Å². The van der Waals surface area contributed by atoms with Crippen molar-refractivity contribution in [1.82, 2.24) is 0 Å². The molecule has 6 heteroatoms. The first kappa shape index (κ1) is 14.5. The third-order valence-electron chi connectivity index (χ3n) is 2.76. The Bertz CT molecular complexity index is 663. The molecule has 0 heterocycles. The topological polar surface area (TPSA) is 69.6 Å². The molecule has 0 unspecified atom stereocenters. The van der Waals surface area contributed by atoms with Crippen LogP contribution in [0.2, 0.25) is 10.0 Å². The van der Waals surface area contributed by atoms with Crippen LogP contribution in [0.25, 0.3) is 0 Å². The first-order valence-electron chi connectivity index (χ1n) is 5.68. The van der Waals surface area contributed by atoms with Crippen molar-refractivity contribution >= 4 is 34.8 Å². The highest BCUT2D eigenvalue weighted by molar-refractivity contribution is 6.37. The van der Waals surface area contributed by atoms with E-state index < -0.39 is 5.91 Å². The second kappa shape index (κ2) is 5.61. The standard InChI is InChI=1S/C14H11Cl2NO3/c1-7-3-2-4-9(12(7)18)14(20)17-8-5-10(15)13(19)11(16)6-8/h2-6,18-19H,1H3,(H,17,20). The predicted molar refractivity (Wildman–Crippen MR) is 78.9 cm³/mol. The lowest BCUT2D eigenvalue weighted by molar-refractivity contribution is 0.102. The van der Waals surface area contributed by atoms with Crippen molar-refractivity contribution in [3.8, 4) is 11.5 Å². The summed E-state index contributed by atoms with van der Waals surface area (Å²) in [5, 5.41) is 21.9. The van der Waals surface area contributed by atoms with Gasteiger partial charge in [0, 0.05) is 5.69 Å². The predicted octanol–water partition coefficient (Wildman–Crippen LogP) is 3.97. The number of carbonyl (C=O) groups is 1. The van der Waals surface area contributed by atoms with Crippen LogP contribution in [0.15, 0.2) is 30.3 Å². The normalized spacial score (nSPS) is 10.3. The van der Waals surface area contributed by atoms with Crippen LogP contribution in [0.3, 0.4) is 0 Å². The minimum absolute atomic E-state index is 0.0289. The summed E-state index contributed by atoms with van der Waals surface area (Å²) >= 11 is 11.5. The molecule has 0 atom stereocenters. The molecule has 2 aromatic carbocycles. The fraction of sp³-hybridized carbons (Fsp3) is 0.0714. The summed E-state index contributed by atoms with van der Waals surface area (Å²) in [5.74, 6) is -0.824. The van der Waals surface area contributed by atoms with Crippen LogP contribution in [0.1, 0.15) is 15.9 Å². The number of phenols is 2. The molecule has 0 saturated heterocycles. The Kier molecular flexibility index (Phi) is 4.06. The number of nitrogens with one attached hydrogen (secondary N) is 1. The van der Waals surface area contributed by atoms with Crippen LogP contribution < -0.4 is 5.32 Å². The number of halogens is 2. The Labute approximate surface area is 125 Å². The molecule has 1 amide bonds. The molecule has 104 valence electrons. The lowest BCUT2D eigenvalue weighted by Crippen LogP contribution is -2.12. The molecule has 0 saturated carbocycles. The van der Waals surface area contributed by atoms with E-state index in [9.17, 15) is 15.0 Å². The van der Waals surface area contributed by atoms with Crippen molar-refractivity contribution in [2.75, 3.05) is 5.32 Å². The van der Waals surface area contributed by atoms with Gasteiger partial charge in [-0.15, -0.1) is 0 Å². The van der Waals surface area contributed by atoms with Crippen LogP contribution in [-0.4, -0.2) is 16.1 Å². The molecule has 0 radical (unpaired) electrons. The van der Waals surface area contributed by atoms with E-state index >= 15 is 0 Å². The Morgan fingerprint density at radius 2 is 1.70 bits per heavy atom. The summed E-state index contributed by atoms with van der Waals surface area (Å²) in [6.07, 6.45) is 0. The smallest absolute Gasteiger partial charge is 0.259 e. The van der Waals surface area contributed by atoms with Gasteiger partial charge in [0.25, 0.3) is 5.91 Å². The second-order valence-corrected chi connectivity index (χ2v) is 5.03. The zero-order valence-corrected chi connectivity index (χ0v) is 12.0. The molecule has 4 nitrogen and oxygen atoms in total. The van der Waals surface area contributed by atoms with Gasteiger partial charge in [-0.25, -0.2) is 0 Å². The van der Waals surface area contributed by atoms with Crippen LogP contribution in [0.5, 0.6) is 11.5 Å². The summed E-state index contributed by atoms with van der Waals surface area (Å²) in [5.41, 5.74) is 1.06. The van der Waals surface area contributed by atoms with Crippen molar-refractivity contribution in [3.63, 3.8) is 0 Å². The van der Waals surface area contributed by atoms with Gasteiger partial charge in [-0.2, -0.15) is 0 Å². The van der Waals surface area contributed by atoms with Crippen molar-refractivity contribution < 1.29 is 15.0 Å². The quantitative estimate of drug-likeness (QED) is 0.735. The maximum absolute atomic E-state index is 12.1. The molecule has 0 aliphatic rings. The molecule has 3 N–H and O–H groups in total. The van der Waals surface area contributed by atoms with Gasteiger partial charge in [0.1, 0.15) is 5.75 Å². The molecule has 2 aromatic rings. The number of benzene rings is 2. The van der Waals surface area contributed by atoms with E-state index in [2.05, 4.69) is 5.32 Å². The minimum Gasteiger partial charge on any atom is -0.507 e. The lowest BCUT2D eigenvalue weighted by atomic mass is 10.1. The Morgan fingerprint density at radius 1 is 1.10 bits per heavy atom. The molecule has 0 fully saturated rings. The van der Waals surface area contributed by atoms with E-state index in [-0.39, 0.29) is 27.1 Å². The fourth-order valence-corrected chi connectivity index (χ4v) is 2.17. The van der Waals surface area contributed by atoms with Crippen LogP contribution in [0, 0.1) is 6.92 Å². The summed E-state index contributed by atoms with van der Waals surface area (Å²) < 4.78 is 0. The van der Waals surface area contributed by atoms with Crippen LogP contribution in [0.4, 0.5) is 5.69 Å². The zero-order chi connectivity index (χ0) is 14.9. The summed E-state index contributed by atoms with van der Waals surface area (Å²) in [6.45, 7) is 1.69. The highest BCUT2D eigenvalue weighted by Crippen LogP contribution is 2.35.